The number of hydrazone groups is 1. The van der Waals surface area contributed by atoms with Crippen LogP contribution < -0.4 is 10.2 Å². The van der Waals surface area contributed by atoms with Crippen LogP contribution in [0.2, 0.25) is 0 Å². The van der Waals surface area contributed by atoms with Gasteiger partial charge in [0.25, 0.3) is 5.91 Å². The van der Waals surface area contributed by atoms with Gasteiger partial charge in [-0.25, -0.2) is 5.43 Å². The Labute approximate surface area is 167 Å². The molecule has 4 nitrogen and oxygen atoms in total. The molecule has 0 atom stereocenters. The van der Waals surface area contributed by atoms with E-state index in [4.69, 9.17) is 4.74 Å². The highest BCUT2D eigenvalue weighted by Crippen LogP contribution is 2.31. The fourth-order valence-corrected chi connectivity index (χ4v) is 3.21. The molecule has 1 N–H and O–H groups in total. The minimum Gasteiger partial charge on any atom is -0.483 e. The van der Waals surface area contributed by atoms with Crippen molar-refractivity contribution in [2.75, 3.05) is 6.61 Å². The van der Waals surface area contributed by atoms with Gasteiger partial charge in [0, 0.05) is 9.86 Å². The lowest BCUT2D eigenvalue weighted by atomic mass is 10.1. The molecule has 5 heteroatoms. The molecule has 0 spiro atoms. The molecule has 138 valence electrons. The summed E-state index contributed by atoms with van der Waals surface area (Å²) in [5.41, 5.74) is 5.55. The number of nitrogens with zero attached hydrogens (tertiary/aromatic N) is 1. The Kier molecular flexibility index (Phi) is 6.24. The third kappa shape index (κ3) is 4.74. The summed E-state index contributed by atoms with van der Waals surface area (Å²) in [7, 11) is 0. The maximum Gasteiger partial charge on any atom is 0.277 e. The zero-order valence-corrected chi connectivity index (χ0v) is 16.9. The molecular weight excluding hydrogens is 404 g/mol. The number of hydrogen-bond donors (Lipinski definition) is 1. The quantitative estimate of drug-likeness (QED) is 0.442. The highest BCUT2D eigenvalue weighted by atomic mass is 79.9. The molecule has 1 amide bonds. The lowest BCUT2D eigenvalue weighted by molar-refractivity contribution is -0.123. The van der Waals surface area contributed by atoms with Crippen molar-refractivity contribution >= 4 is 38.3 Å². The zero-order valence-electron chi connectivity index (χ0n) is 15.3. The largest absolute Gasteiger partial charge is 0.483 e. The van der Waals surface area contributed by atoms with E-state index in [2.05, 4.69) is 45.5 Å². The number of carbonyl (C=O) groups excluding carboxylic acids is 1. The van der Waals surface area contributed by atoms with Crippen LogP contribution >= 0.6 is 15.9 Å². The molecule has 3 aromatic carbocycles. The van der Waals surface area contributed by atoms with Crippen LogP contribution in [0.15, 0.2) is 70.2 Å². The summed E-state index contributed by atoms with van der Waals surface area (Å²) < 4.78 is 6.69. The number of carbonyl (C=O) groups is 1. The van der Waals surface area contributed by atoms with Crippen LogP contribution in [0.4, 0.5) is 0 Å². The third-order valence-corrected chi connectivity index (χ3v) is 5.01. The highest BCUT2D eigenvalue weighted by molar-refractivity contribution is 9.10. The van der Waals surface area contributed by atoms with E-state index in [0.717, 1.165) is 32.9 Å². The number of ether oxygens (including phenoxy) is 1. The van der Waals surface area contributed by atoms with Gasteiger partial charge in [-0.15, -0.1) is 0 Å². The maximum atomic E-state index is 12.1. The minimum absolute atomic E-state index is 0.100. The second kappa shape index (κ2) is 8.82. The van der Waals surface area contributed by atoms with Crippen molar-refractivity contribution in [3.63, 3.8) is 0 Å². The van der Waals surface area contributed by atoms with Gasteiger partial charge >= 0.3 is 0 Å². The van der Waals surface area contributed by atoms with Crippen molar-refractivity contribution in [1.82, 2.24) is 5.43 Å². The van der Waals surface area contributed by atoms with Gasteiger partial charge < -0.3 is 4.74 Å². The predicted molar refractivity (Wildman–Crippen MR) is 113 cm³/mol. The van der Waals surface area contributed by atoms with E-state index in [0.29, 0.717) is 5.75 Å². The summed E-state index contributed by atoms with van der Waals surface area (Å²) >= 11 is 3.53. The van der Waals surface area contributed by atoms with Gasteiger partial charge in [0.1, 0.15) is 5.75 Å². The first-order chi connectivity index (χ1) is 13.1. The van der Waals surface area contributed by atoms with Gasteiger partial charge in [-0.05, 0) is 42.0 Å². The molecule has 0 unspecified atom stereocenters. The first-order valence-electron chi connectivity index (χ1n) is 8.81. The number of aryl methyl sites for hydroxylation is 1. The van der Waals surface area contributed by atoms with E-state index in [9.17, 15) is 4.79 Å². The van der Waals surface area contributed by atoms with E-state index < -0.39 is 0 Å². The SMILES string of the molecule is CCc1ccc(C(C)=NNC(=O)COc2ccc(Br)c3ccccc23)cc1. The molecule has 0 aromatic heterocycles. The molecule has 27 heavy (non-hydrogen) atoms. The summed E-state index contributed by atoms with van der Waals surface area (Å²) in [6.07, 6.45) is 0.995. The van der Waals surface area contributed by atoms with E-state index in [1.807, 2.05) is 55.5 Å². The number of fused-ring (bicyclic) bond motifs is 1. The summed E-state index contributed by atoms with van der Waals surface area (Å²) in [5.74, 6) is 0.367. The molecular formula is C22H21BrN2O2. The van der Waals surface area contributed by atoms with Crippen molar-refractivity contribution in [2.24, 2.45) is 5.10 Å². The molecule has 0 heterocycles. The molecule has 0 saturated heterocycles. The van der Waals surface area contributed by atoms with E-state index in [1.165, 1.54) is 5.56 Å². The monoisotopic (exact) mass is 424 g/mol. The van der Waals surface area contributed by atoms with Gasteiger partial charge in [0.05, 0.1) is 5.71 Å². The Morgan fingerprint density at radius 2 is 1.74 bits per heavy atom. The first-order valence-corrected chi connectivity index (χ1v) is 9.60. The molecule has 0 radical (unpaired) electrons. The molecule has 0 aliphatic heterocycles. The third-order valence-electron chi connectivity index (χ3n) is 4.32. The zero-order chi connectivity index (χ0) is 19.2. The van der Waals surface area contributed by atoms with Gasteiger partial charge in [0.2, 0.25) is 0 Å². The Bertz CT molecular complexity index is 981. The van der Waals surface area contributed by atoms with Gasteiger partial charge in [-0.1, -0.05) is 71.4 Å². The lowest BCUT2D eigenvalue weighted by Gasteiger charge is -2.10. The summed E-state index contributed by atoms with van der Waals surface area (Å²) in [6.45, 7) is 3.88. The van der Waals surface area contributed by atoms with Crippen molar-refractivity contribution in [3.05, 3.63) is 76.3 Å². The molecule has 0 saturated carbocycles. The van der Waals surface area contributed by atoms with Crippen molar-refractivity contribution < 1.29 is 9.53 Å². The van der Waals surface area contributed by atoms with E-state index >= 15 is 0 Å². The Morgan fingerprint density at radius 3 is 2.44 bits per heavy atom. The fourth-order valence-electron chi connectivity index (χ4n) is 2.73. The maximum absolute atomic E-state index is 12.1. The number of nitrogens with one attached hydrogen (secondary N) is 1. The topological polar surface area (TPSA) is 50.7 Å². The number of rotatable bonds is 6. The normalized spacial score (nSPS) is 11.4. The minimum atomic E-state index is -0.300. The average Bonchev–Trinajstić information content (AvgIpc) is 2.71. The number of halogens is 1. The van der Waals surface area contributed by atoms with Crippen molar-refractivity contribution in [3.8, 4) is 5.75 Å². The molecule has 0 aliphatic carbocycles. The van der Waals surface area contributed by atoms with Crippen LogP contribution in [0.5, 0.6) is 5.75 Å². The number of benzene rings is 3. The van der Waals surface area contributed by atoms with Gasteiger partial charge in [0.15, 0.2) is 6.61 Å². The lowest BCUT2D eigenvalue weighted by Crippen LogP contribution is -2.25. The van der Waals surface area contributed by atoms with Gasteiger partial charge in [-0.2, -0.15) is 5.10 Å². The Morgan fingerprint density at radius 1 is 1.04 bits per heavy atom. The smallest absolute Gasteiger partial charge is 0.277 e. The number of amides is 1. The Hall–Kier alpha value is -2.66. The van der Waals surface area contributed by atoms with Crippen LogP contribution in [0.25, 0.3) is 10.8 Å². The van der Waals surface area contributed by atoms with Crippen LogP contribution in [0.3, 0.4) is 0 Å². The molecule has 3 rings (SSSR count). The molecule has 3 aromatic rings. The Balaban J connectivity index is 1.62. The van der Waals surface area contributed by atoms with Crippen LogP contribution in [-0.4, -0.2) is 18.2 Å². The average molecular weight is 425 g/mol. The second-order valence-corrected chi connectivity index (χ2v) is 7.02. The summed E-state index contributed by atoms with van der Waals surface area (Å²) in [6, 6.07) is 19.8. The summed E-state index contributed by atoms with van der Waals surface area (Å²) in [5, 5.41) is 6.16. The van der Waals surface area contributed by atoms with E-state index in [-0.39, 0.29) is 12.5 Å². The summed E-state index contributed by atoms with van der Waals surface area (Å²) in [4.78, 5) is 12.1. The predicted octanol–water partition coefficient (Wildman–Crippen LogP) is 5.08. The second-order valence-electron chi connectivity index (χ2n) is 6.16. The van der Waals surface area contributed by atoms with Gasteiger partial charge in [-0.3, -0.25) is 4.79 Å². The standard InChI is InChI=1S/C22H21BrN2O2/c1-3-16-8-10-17(11-9-16)15(2)24-25-22(26)14-27-21-13-12-20(23)18-6-4-5-7-19(18)21/h4-13H,3,14H2,1-2H3,(H,25,26). The molecule has 0 fully saturated rings. The molecule has 0 bridgehead atoms. The number of hydrogen-bond acceptors (Lipinski definition) is 3. The van der Waals surface area contributed by atoms with Crippen molar-refractivity contribution in [2.45, 2.75) is 20.3 Å². The molecule has 0 aliphatic rings. The van der Waals surface area contributed by atoms with Crippen molar-refractivity contribution in [1.29, 1.82) is 0 Å². The van der Waals surface area contributed by atoms with Crippen LogP contribution in [0, 0.1) is 0 Å². The highest BCUT2D eigenvalue weighted by Gasteiger charge is 2.08. The first kappa shape index (κ1) is 19.1. The fraction of sp³-hybridized carbons (Fsp3) is 0.182. The van der Waals surface area contributed by atoms with Crippen LogP contribution in [0.1, 0.15) is 25.0 Å². The van der Waals surface area contributed by atoms with E-state index in [1.54, 1.807) is 0 Å². The van der Waals surface area contributed by atoms with Crippen LogP contribution in [-0.2, 0) is 11.2 Å².